The van der Waals surface area contributed by atoms with E-state index >= 15 is 0 Å². The third-order valence-corrected chi connectivity index (χ3v) is 9.05. The molecule has 1 heterocycles. The number of carbonyl (C=O) groups excluding carboxylic acids is 1. The summed E-state index contributed by atoms with van der Waals surface area (Å²) in [4.78, 5) is 17.3. The van der Waals surface area contributed by atoms with Gasteiger partial charge in [-0.05, 0) is 43.0 Å². The third kappa shape index (κ3) is 14.3. The molecule has 0 saturated heterocycles. The van der Waals surface area contributed by atoms with Crippen LogP contribution in [0.25, 0.3) is 11.0 Å². The van der Waals surface area contributed by atoms with E-state index in [1.807, 2.05) is 24.3 Å². The summed E-state index contributed by atoms with van der Waals surface area (Å²) in [5.41, 5.74) is 3.26. The number of nitrogens with zero attached hydrogens (tertiary/aromatic N) is 2. The molecule has 0 aliphatic heterocycles. The molecule has 0 atom stereocenters. The number of unbranched alkanes of at least 4 members (excludes halogenated alkanes) is 17. The molecule has 0 bridgehead atoms. The van der Waals surface area contributed by atoms with Crippen LogP contribution in [0.4, 0.5) is 0 Å². The number of aromatic nitrogens is 2. The Labute approximate surface area is 267 Å². The highest BCUT2D eigenvalue weighted by Gasteiger charge is 2.10. The van der Waals surface area contributed by atoms with Gasteiger partial charge in [0.2, 0.25) is 5.91 Å². The number of nitrogens with one attached hydrogen (secondary N) is 1. The van der Waals surface area contributed by atoms with E-state index in [9.17, 15) is 4.79 Å². The van der Waals surface area contributed by atoms with Gasteiger partial charge in [-0.25, -0.2) is 4.98 Å². The number of para-hydroxylation sites is 2. The average Bonchev–Trinajstić information content (AvgIpc) is 3.37. The maximum absolute atomic E-state index is 12.3. The first-order valence-corrected chi connectivity index (χ1v) is 18.0. The number of halogens is 1. The highest BCUT2D eigenvalue weighted by molar-refractivity contribution is 6.31. The molecule has 2 aromatic carbocycles. The molecular formula is C38H58ClN3O. The second-order valence-electron chi connectivity index (χ2n) is 12.4. The molecule has 0 spiro atoms. The molecule has 0 aliphatic carbocycles. The van der Waals surface area contributed by atoms with Gasteiger partial charge in [0.15, 0.2) is 0 Å². The Morgan fingerprint density at radius 3 is 1.91 bits per heavy atom. The highest BCUT2D eigenvalue weighted by Crippen LogP contribution is 2.20. The predicted molar refractivity (Wildman–Crippen MR) is 185 cm³/mol. The van der Waals surface area contributed by atoms with Gasteiger partial charge in [-0.1, -0.05) is 152 Å². The van der Waals surface area contributed by atoms with Gasteiger partial charge in [-0.15, -0.1) is 0 Å². The van der Waals surface area contributed by atoms with Crippen LogP contribution in [0.3, 0.4) is 0 Å². The molecule has 0 aliphatic rings. The fraction of sp³-hybridized carbons (Fsp3) is 0.632. The zero-order valence-electron chi connectivity index (χ0n) is 27.1. The van der Waals surface area contributed by atoms with Crippen LogP contribution in [0.5, 0.6) is 0 Å². The topological polar surface area (TPSA) is 46.9 Å². The molecule has 43 heavy (non-hydrogen) atoms. The van der Waals surface area contributed by atoms with Crippen LogP contribution < -0.4 is 5.32 Å². The summed E-state index contributed by atoms with van der Waals surface area (Å²) < 4.78 is 2.46. The molecule has 0 radical (unpaired) electrons. The van der Waals surface area contributed by atoms with Crippen molar-refractivity contribution in [3.63, 3.8) is 0 Å². The molecule has 3 aromatic rings. The van der Waals surface area contributed by atoms with Crippen LogP contribution in [0, 0.1) is 0 Å². The summed E-state index contributed by atoms with van der Waals surface area (Å²) in [6, 6.07) is 16.1. The summed E-state index contributed by atoms with van der Waals surface area (Å²) in [7, 11) is 0. The second kappa shape index (κ2) is 22.2. The maximum Gasteiger partial charge on any atom is 0.224 e. The number of hydrogen-bond donors (Lipinski definition) is 1. The number of fused-ring (bicyclic) bond motifs is 1. The van der Waals surface area contributed by atoms with Gasteiger partial charge in [-0.2, -0.15) is 0 Å². The van der Waals surface area contributed by atoms with Crippen molar-refractivity contribution in [2.24, 2.45) is 0 Å². The minimum absolute atomic E-state index is 0.0358. The summed E-state index contributed by atoms with van der Waals surface area (Å²) in [5, 5.41) is 3.70. The standard InChI is InChI=1S/C38H58ClN3O/c1-2-3-4-5-6-7-8-9-10-11-12-13-14-15-16-24-31-42-36-28-22-21-27-35(36)41-37(42)29-18-17-23-30-40-38(43)32-33-25-19-20-26-34(33)39/h19-22,25-28H,2-18,23-24,29-32H2,1H3,(H,40,43). The van der Waals surface area contributed by atoms with Gasteiger partial charge in [0.1, 0.15) is 5.82 Å². The van der Waals surface area contributed by atoms with Gasteiger partial charge >= 0.3 is 0 Å². The van der Waals surface area contributed by atoms with Gasteiger partial charge in [-0.3, -0.25) is 4.79 Å². The molecule has 1 aromatic heterocycles. The third-order valence-electron chi connectivity index (χ3n) is 8.68. The Morgan fingerprint density at radius 2 is 1.26 bits per heavy atom. The Morgan fingerprint density at radius 1 is 0.698 bits per heavy atom. The largest absolute Gasteiger partial charge is 0.356 e. The molecule has 0 unspecified atom stereocenters. The van der Waals surface area contributed by atoms with E-state index in [2.05, 4.69) is 41.1 Å². The number of aryl methyl sites for hydroxylation is 2. The van der Waals surface area contributed by atoms with Crippen molar-refractivity contribution in [3.05, 3.63) is 64.9 Å². The number of benzene rings is 2. The van der Waals surface area contributed by atoms with E-state index < -0.39 is 0 Å². The first kappa shape index (κ1) is 35.2. The first-order valence-electron chi connectivity index (χ1n) is 17.6. The normalized spacial score (nSPS) is 11.4. The number of amides is 1. The lowest BCUT2D eigenvalue weighted by molar-refractivity contribution is -0.120. The fourth-order valence-corrected chi connectivity index (χ4v) is 6.28. The Balaban J connectivity index is 1.24. The molecule has 4 nitrogen and oxygen atoms in total. The lowest BCUT2D eigenvalue weighted by Gasteiger charge is -2.10. The Kier molecular flexibility index (Phi) is 18.2. The minimum Gasteiger partial charge on any atom is -0.356 e. The van der Waals surface area contributed by atoms with E-state index in [1.165, 1.54) is 114 Å². The summed E-state index contributed by atoms with van der Waals surface area (Å²) in [6.45, 7) is 4.06. The van der Waals surface area contributed by atoms with Crippen molar-refractivity contribution in [3.8, 4) is 0 Å². The van der Waals surface area contributed by atoms with Crippen molar-refractivity contribution in [1.29, 1.82) is 0 Å². The van der Waals surface area contributed by atoms with Crippen LogP contribution in [0.15, 0.2) is 48.5 Å². The van der Waals surface area contributed by atoms with Crippen LogP contribution in [-0.2, 0) is 24.2 Å². The van der Waals surface area contributed by atoms with Crippen LogP contribution >= 0.6 is 11.6 Å². The maximum atomic E-state index is 12.3. The zero-order valence-corrected chi connectivity index (χ0v) is 27.8. The quantitative estimate of drug-likeness (QED) is 0.0973. The van der Waals surface area contributed by atoms with E-state index in [0.29, 0.717) is 18.0 Å². The molecule has 5 heteroatoms. The molecule has 0 saturated carbocycles. The van der Waals surface area contributed by atoms with Crippen LogP contribution in [0.2, 0.25) is 5.02 Å². The van der Waals surface area contributed by atoms with Crippen molar-refractivity contribution >= 4 is 28.5 Å². The van der Waals surface area contributed by atoms with Gasteiger partial charge in [0.05, 0.1) is 17.5 Å². The Hall–Kier alpha value is -2.33. The van der Waals surface area contributed by atoms with E-state index in [1.54, 1.807) is 0 Å². The molecule has 3 rings (SSSR count). The molecule has 1 amide bonds. The average molecular weight is 608 g/mol. The lowest BCUT2D eigenvalue weighted by atomic mass is 10.0. The van der Waals surface area contributed by atoms with Gasteiger partial charge in [0, 0.05) is 24.5 Å². The van der Waals surface area contributed by atoms with Crippen molar-refractivity contribution < 1.29 is 4.79 Å². The van der Waals surface area contributed by atoms with E-state index in [-0.39, 0.29) is 5.91 Å². The molecule has 238 valence electrons. The van der Waals surface area contributed by atoms with Crippen LogP contribution in [-0.4, -0.2) is 22.0 Å². The number of hydrogen-bond acceptors (Lipinski definition) is 2. The monoisotopic (exact) mass is 607 g/mol. The van der Waals surface area contributed by atoms with Crippen molar-refractivity contribution in [1.82, 2.24) is 14.9 Å². The molecule has 1 N–H and O–H groups in total. The molecular weight excluding hydrogens is 550 g/mol. The smallest absolute Gasteiger partial charge is 0.224 e. The minimum atomic E-state index is 0.0358. The predicted octanol–water partition coefficient (Wildman–Crippen LogP) is 11.0. The summed E-state index contributed by atoms with van der Waals surface area (Å²) in [5.74, 6) is 1.25. The summed E-state index contributed by atoms with van der Waals surface area (Å²) >= 11 is 6.18. The number of carbonyl (C=O) groups is 1. The fourth-order valence-electron chi connectivity index (χ4n) is 6.07. The van der Waals surface area contributed by atoms with Gasteiger partial charge < -0.3 is 9.88 Å². The second-order valence-corrected chi connectivity index (χ2v) is 12.8. The molecule has 0 fully saturated rings. The summed E-state index contributed by atoms with van der Waals surface area (Å²) in [6.07, 6.45) is 26.8. The Bertz CT molecular complexity index is 1160. The lowest BCUT2D eigenvalue weighted by Crippen LogP contribution is -2.26. The van der Waals surface area contributed by atoms with Crippen LogP contribution in [0.1, 0.15) is 140 Å². The van der Waals surface area contributed by atoms with Crippen molar-refractivity contribution in [2.75, 3.05) is 6.54 Å². The SMILES string of the molecule is CCCCCCCCCCCCCCCCCCn1c(CCCCCNC(=O)Cc2ccccc2Cl)nc2ccccc21. The van der Waals surface area contributed by atoms with Gasteiger partial charge in [0.25, 0.3) is 0 Å². The van der Waals surface area contributed by atoms with E-state index in [0.717, 1.165) is 43.3 Å². The highest BCUT2D eigenvalue weighted by atomic mass is 35.5. The van der Waals surface area contributed by atoms with Crippen molar-refractivity contribution in [2.45, 2.75) is 148 Å². The first-order chi connectivity index (χ1) is 21.2. The number of rotatable bonds is 25. The zero-order chi connectivity index (χ0) is 30.4. The number of imidazole rings is 1. The van der Waals surface area contributed by atoms with E-state index in [4.69, 9.17) is 16.6 Å².